The van der Waals surface area contributed by atoms with E-state index in [1.165, 1.54) is 0 Å². The zero-order valence-corrected chi connectivity index (χ0v) is 12.0. The molecule has 1 atom stereocenters. The highest BCUT2D eigenvalue weighted by Gasteiger charge is 2.24. The minimum atomic E-state index is -0.441. The molecule has 5 nitrogen and oxygen atoms in total. The van der Waals surface area contributed by atoms with Crippen LogP contribution in [0.3, 0.4) is 0 Å². The normalized spacial score (nSPS) is 17.4. The summed E-state index contributed by atoms with van der Waals surface area (Å²) in [6.07, 6.45) is 1.56. The van der Waals surface area contributed by atoms with Gasteiger partial charge in [0.15, 0.2) is 0 Å². The summed E-state index contributed by atoms with van der Waals surface area (Å²) in [5.41, 5.74) is 7.65. The van der Waals surface area contributed by atoms with E-state index in [9.17, 15) is 9.59 Å². The van der Waals surface area contributed by atoms with Crippen molar-refractivity contribution in [3.8, 4) is 11.8 Å². The summed E-state index contributed by atoms with van der Waals surface area (Å²) in [7, 11) is 0. The third kappa shape index (κ3) is 3.83. The second-order valence-electron chi connectivity index (χ2n) is 4.99. The number of carbonyl (C=O) groups is 2. The molecule has 0 bridgehead atoms. The topological polar surface area (TPSA) is 84.2 Å². The summed E-state index contributed by atoms with van der Waals surface area (Å²) in [5.74, 6) is 5.39. The smallest absolute Gasteiger partial charge is 0.251 e. The van der Waals surface area contributed by atoms with Crippen LogP contribution in [-0.4, -0.2) is 30.9 Å². The Bertz CT molecular complexity index is 614. The number of amides is 2. The van der Waals surface area contributed by atoms with Gasteiger partial charge in [-0.15, -0.1) is 0 Å². The number of nitrogens with two attached hydrogens (primary N) is 1. The van der Waals surface area contributed by atoms with E-state index < -0.39 is 6.04 Å². The van der Waals surface area contributed by atoms with Crippen LogP contribution in [0.15, 0.2) is 18.2 Å². The van der Waals surface area contributed by atoms with Crippen molar-refractivity contribution in [2.45, 2.75) is 25.8 Å². The second-order valence-corrected chi connectivity index (χ2v) is 4.99. The van der Waals surface area contributed by atoms with Crippen LogP contribution in [0.1, 0.15) is 34.3 Å². The lowest BCUT2D eigenvalue weighted by Gasteiger charge is -2.22. The second kappa shape index (κ2) is 6.91. The molecule has 0 spiro atoms. The Hall–Kier alpha value is -2.32. The van der Waals surface area contributed by atoms with E-state index in [0.717, 1.165) is 17.5 Å². The van der Waals surface area contributed by atoms with E-state index in [2.05, 4.69) is 22.5 Å². The number of piperidine rings is 1. The Morgan fingerprint density at radius 3 is 3.00 bits per heavy atom. The van der Waals surface area contributed by atoms with Gasteiger partial charge in [-0.3, -0.25) is 9.59 Å². The highest BCUT2D eigenvalue weighted by molar-refractivity contribution is 5.98. The molecule has 1 fully saturated rings. The largest absolute Gasteiger partial charge is 0.354 e. The standard InChI is InChI=1S/C16H19N3O2/c1-11-10-13(7-6-12(11)4-2-8-17)15(20)19-14-5-3-9-18-16(14)21/h6-7,10,14H,3,5,8-9,17H2,1H3,(H,18,21)(H,19,20). The van der Waals surface area contributed by atoms with Crippen LogP contribution in [-0.2, 0) is 4.79 Å². The molecule has 110 valence electrons. The Morgan fingerprint density at radius 1 is 1.52 bits per heavy atom. The maximum atomic E-state index is 12.2. The molecular weight excluding hydrogens is 266 g/mol. The highest BCUT2D eigenvalue weighted by Crippen LogP contribution is 2.11. The maximum absolute atomic E-state index is 12.2. The molecule has 1 aromatic rings. The van der Waals surface area contributed by atoms with Crippen molar-refractivity contribution < 1.29 is 9.59 Å². The average Bonchev–Trinajstić information content (AvgIpc) is 2.48. The Kier molecular flexibility index (Phi) is 4.96. The van der Waals surface area contributed by atoms with Crippen molar-refractivity contribution in [2.75, 3.05) is 13.1 Å². The van der Waals surface area contributed by atoms with Gasteiger partial charge in [-0.25, -0.2) is 0 Å². The molecule has 0 saturated carbocycles. The monoisotopic (exact) mass is 285 g/mol. The molecule has 4 N–H and O–H groups in total. The van der Waals surface area contributed by atoms with E-state index in [0.29, 0.717) is 25.1 Å². The maximum Gasteiger partial charge on any atom is 0.251 e. The number of hydrogen-bond donors (Lipinski definition) is 3. The average molecular weight is 285 g/mol. The van der Waals surface area contributed by atoms with E-state index in [1.807, 2.05) is 6.92 Å². The van der Waals surface area contributed by atoms with Crippen molar-refractivity contribution in [3.63, 3.8) is 0 Å². The van der Waals surface area contributed by atoms with Crippen LogP contribution < -0.4 is 16.4 Å². The summed E-state index contributed by atoms with van der Waals surface area (Å²) in [4.78, 5) is 23.8. The van der Waals surface area contributed by atoms with Crippen molar-refractivity contribution in [3.05, 3.63) is 34.9 Å². The summed E-state index contributed by atoms with van der Waals surface area (Å²) in [6, 6.07) is 4.84. The van der Waals surface area contributed by atoms with E-state index in [-0.39, 0.29) is 11.8 Å². The third-order valence-electron chi connectivity index (χ3n) is 3.40. The Balaban J connectivity index is 2.09. The molecule has 1 heterocycles. The number of carbonyl (C=O) groups excluding carboxylic acids is 2. The fraction of sp³-hybridized carbons (Fsp3) is 0.375. The van der Waals surface area contributed by atoms with Crippen molar-refractivity contribution in [1.82, 2.24) is 10.6 Å². The number of nitrogens with one attached hydrogen (secondary N) is 2. The van der Waals surface area contributed by atoms with Gasteiger partial charge in [-0.2, -0.15) is 0 Å². The molecule has 2 amide bonds. The van der Waals surface area contributed by atoms with Gasteiger partial charge in [0.25, 0.3) is 5.91 Å². The molecule has 21 heavy (non-hydrogen) atoms. The van der Waals surface area contributed by atoms with Gasteiger partial charge < -0.3 is 16.4 Å². The molecule has 1 aromatic carbocycles. The number of benzene rings is 1. The fourth-order valence-electron chi connectivity index (χ4n) is 2.24. The van der Waals surface area contributed by atoms with E-state index in [4.69, 9.17) is 5.73 Å². The molecule has 1 aliphatic heterocycles. The van der Waals surface area contributed by atoms with Crippen LogP contribution in [0.25, 0.3) is 0 Å². The minimum Gasteiger partial charge on any atom is -0.354 e. The predicted octanol–water partition coefficient (Wildman–Crippen LogP) is 0.314. The molecular formula is C16H19N3O2. The van der Waals surface area contributed by atoms with E-state index in [1.54, 1.807) is 18.2 Å². The quantitative estimate of drug-likeness (QED) is 0.684. The van der Waals surface area contributed by atoms with Crippen molar-refractivity contribution >= 4 is 11.8 Å². The first-order valence-electron chi connectivity index (χ1n) is 7.00. The zero-order chi connectivity index (χ0) is 15.2. The summed E-state index contributed by atoms with van der Waals surface area (Å²) < 4.78 is 0. The lowest BCUT2D eigenvalue weighted by molar-refractivity contribution is -0.124. The minimum absolute atomic E-state index is 0.114. The zero-order valence-electron chi connectivity index (χ0n) is 12.0. The van der Waals surface area contributed by atoms with Crippen LogP contribution in [0.2, 0.25) is 0 Å². The number of hydrogen-bond acceptors (Lipinski definition) is 3. The Morgan fingerprint density at radius 2 is 2.33 bits per heavy atom. The highest BCUT2D eigenvalue weighted by atomic mass is 16.2. The lowest BCUT2D eigenvalue weighted by Crippen LogP contribution is -2.50. The van der Waals surface area contributed by atoms with E-state index >= 15 is 0 Å². The summed E-state index contributed by atoms with van der Waals surface area (Å²) in [6.45, 7) is 2.88. The van der Waals surface area contributed by atoms with Gasteiger partial charge in [0.1, 0.15) is 6.04 Å². The first kappa shape index (κ1) is 15.1. The predicted molar refractivity (Wildman–Crippen MR) is 80.6 cm³/mol. The van der Waals surface area contributed by atoms with Crippen molar-refractivity contribution in [2.24, 2.45) is 5.73 Å². The summed E-state index contributed by atoms with van der Waals surface area (Å²) in [5, 5.41) is 5.52. The molecule has 5 heteroatoms. The molecule has 0 radical (unpaired) electrons. The molecule has 1 saturated heterocycles. The molecule has 0 aromatic heterocycles. The van der Waals surface area contributed by atoms with Crippen LogP contribution in [0.4, 0.5) is 0 Å². The van der Waals surface area contributed by atoms with Gasteiger partial charge in [0.05, 0.1) is 6.54 Å². The fourth-order valence-corrected chi connectivity index (χ4v) is 2.24. The van der Waals surface area contributed by atoms with Gasteiger partial charge in [-0.1, -0.05) is 11.8 Å². The van der Waals surface area contributed by atoms with Gasteiger partial charge in [0, 0.05) is 17.7 Å². The molecule has 1 aliphatic rings. The van der Waals surface area contributed by atoms with Crippen LogP contribution in [0.5, 0.6) is 0 Å². The lowest BCUT2D eigenvalue weighted by atomic mass is 10.0. The first-order valence-corrected chi connectivity index (χ1v) is 7.00. The molecule has 1 unspecified atom stereocenters. The number of aryl methyl sites for hydroxylation is 1. The van der Waals surface area contributed by atoms with Crippen LogP contribution >= 0.6 is 0 Å². The van der Waals surface area contributed by atoms with Gasteiger partial charge >= 0.3 is 0 Å². The first-order chi connectivity index (χ1) is 10.1. The summed E-state index contributed by atoms with van der Waals surface area (Å²) >= 11 is 0. The van der Waals surface area contributed by atoms with Crippen LogP contribution in [0, 0.1) is 18.8 Å². The SMILES string of the molecule is Cc1cc(C(=O)NC2CCCNC2=O)ccc1C#CCN. The van der Waals surface area contributed by atoms with Gasteiger partial charge in [0.2, 0.25) is 5.91 Å². The third-order valence-corrected chi connectivity index (χ3v) is 3.40. The molecule has 0 aliphatic carbocycles. The van der Waals surface area contributed by atoms with Gasteiger partial charge in [-0.05, 0) is 43.5 Å². The van der Waals surface area contributed by atoms with Crippen molar-refractivity contribution in [1.29, 1.82) is 0 Å². The number of rotatable bonds is 2. The molecule has 2 rings (SSSR count). The Labute approximate surface area is 124 Å².